The molecule has 110 valence electrons. The Hall–Kier alpha value is -1.06. The minimum absolute atomic E-state index is 0. The molecule has 2 amide bonds. The van der Waals surface area contributed by atoms with Crippen LogP contribution in [0.1, 0.15) is 62.1 Å². The first-order valence-corrected chi connectivity index (χ1v) is 7.09. The van der Waals surface area contributed by atoms with Crippen molar-refractivity contribution >= 4 is 11.8 Å². The van der Waals surface area contributed by atoms with E-state index in [4.69, 9.17) is 0 Å². The summed E-state index contributed by atoms with van der Waals surface area (Å²) in [6.45, 7) is 7.40. The molecule has 0 spiro atoms. The molecule has 0 atom stereocenters. The topological polar surface area (TPSA) is 58.2 Å². The van der Waals surface area contributed by atoms with E-state index in [0.29, 0.717) is 31.8 Å². The summed E-state index contributed by atoms with van der Waals surface area (Å²) < 4.78 is 0. The normalized spacial score (nSPS) is 10.4. The van der Waals surface area contributed by atoms with Crippen LogP contribution in [-0.4, -0.2) is 24.9 Å². The van der Waals surface area contributed by atoms with Crippen molar-refractivity contribution in [1.29, 1.82) is 0 Å². The summed E-state index contributed by atoms with van der Waals surface area (Å²) in [6, 6.07) is 0. The molecule has 0 heterocycles. The molecule has 0 aromatic carbocycles. The van der Waals surface area contributed by atoms with E-state index >= 15 is 0 Å². The number of carbonyl (C=O) groups is 2. The van der Waals surface area contributed by atoms with E-state index < -0.39 is 0 Å². The summed E-state index contributed by atoms with van der Waals surface area (Å²) in [6.07, 6.45) is 5.36. The minimum Gasteiger partial charge on any atom is -0.356 e. The second-order valence-electron chi connectivity index (χ2n) is 5.11. The van der Waals surface area contributed by atoms with Gasteiger partial charge in [0, 0.05) is 28.8 Å². The summed E-state index contributed by atoms with van der Waals surface area (Å²) in [5.41, 5.74) is 0. The third kappa shape index (κ3) is 11.4. The SMILES string of the molecule is CCCCCCC(=O)NCCC(=O)NCC(C)C.[HH].[HH]. The van der Waals surface area contributed by atoms with Gasteiger partial charge in [0.1, 0.15) is 0 Å². The third-order valence-corrected chi connectivity index (χ3v) is 2.64. The zero-order valence-corrected chi connectivity index (χ0v) is 12.1. The first-order chi connectivity index (χ1) is 8.56. The van der Waals surface area contributed by atoms with Crippen LogP contribution in [-0.2, 0) is 9.59 Å². The molecule has 0 aliphatic carbocycles. The Morgan fingerprint density at radius 3 is 2.28 bits per heavy atom. The highest BCUT2D eigenvalue weighted by molar-refractivity contribution is 5.78. The zero-order chi connectivity index (χ0) is 13.8. The molecular weight excluding hydrogens is 228 g/mol. The quantitative estimate of drug-likeness (QED) is 0.593. The maximum atomic E-state index is 11.4. The van der Waals surface area contributed by atoms with E-state index in [0.717, 1.165) is 12.8 Å². The Morgan fingerprint density at radius 1 is 1.00 bits per heavy atom. The molecule has 0 radical (unpaired) electrons. The van der Waals surface area contributed by atoms with Gasteiger partial charge in [-0.3, -0.25) is 9.59 Å². The molecule has 0 bridgehead atoms. The fourth-order valence-electron chi connectivity index (χ4n) is 1.52. The summed E-state index contributed by atoms with van der Waals surface area (Å²) in [5, 5.41) is 5.60. The number of unbranched alkanes of at least 4 members (excludes halogenated alkanes) is 3. The summed E-state index contributed by atoms with van der Waals surface area (Å²) in [7, 11) is 0. The van der Waals surface area contributed by atoms with E-state index in [1.165, 1.54) is 12.8 Å². The van der Waals surface area contributed by atoms with Crippen LogP contribution in [0.5, 0.6) is 0 Å². The van der Waals surface area contributed by atoms with Crippen molar-refractivity contribution in [3.8, 4) is 0 Å². The lowest BCUT2D eigenvalue weighted by molar-refractivity contribution is -0.122. The Labute approximate surface area is 114 Å². The first kappa shape index (κ1) is 16.9. The molecule has 0 fully saturated rings. The van der Waals surface area contributed by atoms with Crippen molar-refractivity contribution in [3.63, 3.8) is 0 Å². The van der Waals surface area contributed by atoms with Gasteiger partial charge in [-0.25, -0.2) is 0 Å². The van der Waals surface area contributed by atoms with Crippen molar-refractivity contribution in [2.24, 2.45) is 5.92 Å². The highest BCUT2D eigenvalue weighted by Gasteiger charge is 2.04. The van der Waals surface area contributed by atoms with Crippen molar-refractivity contribution < 1.29 is 12.4 Å². The van der Waals surface area contributed by atoms with E-state index in [2.05, 4.69) is 31.4 Å². The van der Waals surface area contributed by atoms with Gasteiger partial charge in [0.05, 0.1) is 0 Å². The summed E-state index contributed by atoms with van der Waals surface area (Å²) in [5.74, 6) is 0.528. The highest BCUT2D eigenvalue weighted by Crippen LogP contribution is 2.01. The summed E-state index contributed by atoms with van der Waals surface area (Å²) >= 11 is 0. The van der Waals surface area contributed by atoms with Crippen LogP contribution >= 0.6 is 0 Å². The molecular formula is C14H32N2O2. The maximum absolute atomic E-state index is 11.4. The van der Waals surface area contributed by atoms with Crippen LogP contribution in [0, 0.1) is 5.92 Å². The van der Waals surface area contributed by atoms with Crippen molar-refractivity contribution in [2.75, 3.05) is 13.1 Å². The predicted octanol–water partition coefficient (Wildman–Crippen LogP) is 2.73. The Morgan fingerprint density at radius 2 is 1.67 bits per heavy atom. The number of rotatable bonds is 10. The molecule has 0 aliphatic heterocycles. The molecule has 2 N–H and O–H groups in total. The highest BCUT2D eigenvalue weighted by atomic mass is 16.2. The molecule has 0 saturated carbocycles. The molecule has 4 heteroatoms. The monoisotopic (exact) mass is 260 g/mol. The van der Waals surface area contributed by atoms with E-state index in [-0.39, 0.29) is 14.7 Å². The van der Waals surface area contributed by atoms with Gasteiger partial charge < -0.3 is 10.6 Å². The van der Waals surface area contributed by atoms with Crippen LogP contribution in [0.2, 0.25) is 0 Å². The van der Waals surface area contributed by atoms with Gasteiger partial charge in [-0.05, 0) is 12.3 Å². The van der Waals surface area contributed by atoms with Crippen molar-refractivity contribution in [1.82, 2.24) is 10.6 Å². The van der Waals surface area contributed by atoms with Gasteiger partial charge in [-0.1, -0.05) is 40.0 Å². The molecule has 0 aliphatic rings. The smallest absolute Gasteiger partial charge is 0.221 e. The number of hydrogen-bond acceptors (Lipinski definition) is 2. The van der Waals surface area contributed by atoms with Crippen LogP contribution in [0.3, 0.4) is 0 Å². The average Bonchev–Trinajstić information content (AvgIpc) is 2.32. The molecule has 0 unspecified atom stereocenters. The fourth-order valence-corrected chi connectivity index (χ4v) is 1.52. The number of amides is 2. The standard InChI is InChI=1S/C14H28N2O2.2H2/c1-4-5-6-7-8-13(17)15-10-9-14(18)16-11-12(2)3;;/h12H,4-11H2,1-3H3,(H,15,17)(H,16,18);2*1H. The van der Waals surface area contributed by atoms with Crippen LogP contribution < -0.4 is 10.6 Å². The third-order valence-electron chi connectivity index (χ3n) is 2.64. The second kappa shape index (κ2) is 11.1. The molecule has 0 rings (SSSR count). The molecule has 0 aromatic rings. The van der Waals surface area contributed by atoms with Crippen LogP contribution in [0.4, 0.5) is 0 Å². The van der Waals surface area contributed by atoms with E-state index in [1.54, 1.807) is 0 Å². The second-order valence-corrected chi connectivity index (χ2v) is 5.11. The average molecular weight is 260 g/mol. The molecule has 0 aromatic heterocycles. The van der Waals surface area contributed by atoms with Gasteiger partial charge in [-0.2, -0.15) is 0 Å². The molecule has 0 saturated heterocycles. The minimum atomic E-state index is 0. The van der Waals surface area contributed by atoms with Crippen LogP contribution in [0.25, 0.3) is 0 Å². The largest absolute Gasteiger partial charge is 0.356 e. The predicted molar refractivity (Wildman–Crippen MR) is 78.5 cm³/mol. The Balaban J connectivity index is -0.00000144. The van der Waals surface area contributed by atoms with Gasteiger partial charge in [0.2, 0.25) is 11.8 Å². The Kier molecular flexibility index (Phi) is 10.4. The number of hydrogen-bond donors (Lipinski definition) is 2. The fraction of sp³-hybridized carbons (Fsp3) is 0.857. The molecule has 4 nitrogen and oxygen atoms in total. The van der Waals surface area contributed by atoms with E-state index in [1.807, 2.05) is 0 Å². The number of carbonyl (C=O) groups excluding carboxylic acids is 2. The lowest BCUT2D eigenvalue weighted by Gasteiger charge is -2.08. The van der Waals surface area contributed by atoms with Gasteiger partial charge in [-0.15, -0.1) is 0 Å². The van der Waals surface area contributed by atoms with E-state index in [9.17, 15) is 9.59 Å². The van der Waals surface area contributed by atoms with Crippen molar-refractivity contribution in [3.05, 3.63) is 0 Å². The summed E-state index contributed by atoms with van der Waals surface area (Å²) in [4.78, 5) is 22.8. The van der Waals surface area contributed by atoms with Crippen LogP contribution in [0.15, 0.2) is 0 Å². The lowest BCUT2D eigenvalue weighted by Crippen LogP contribution is -2.32. The van der Waals surface area contributed by atoms with Gasteiger partial charge >= 0.3 is 0 Å². The van der Waals surface area contributed by atoms with Gasteiger partial charge in [0.15, 0.2) is 0 Å². The number of nitrogens with one attached hydrogen (secondary N) is 2. The maximum Gasteiger partial charge on any atom is 0.221 e. The van der Waals surface area contributed by atoms with Crippen molar-refractivity contribution in [2.45, 2.75) is 59.3 Å². The first-order valence-electron chi connectivity index (χ1n) is 7.09. The zero-order valence-electron chi connectivity index (χ0n) is 12.1. The lowest BCUT2D eigenvalue weighted by atomic mass is 10.1. The van der Waals surface area contributed by atoms with Gasteiger partial charge in [0.25, 0.3) is 0 Å². The Bertz CT molecular complexity index is 249. The molecule has 18 heavy (non-hydrogen) atoms.